The fraction of sp³-hybridized carbons (Fsp3) is 0.538. The van der Waals surface area contributed by atoms with Gasteiger partial charge in [0.1, 0.15) is 0 Å². The minimum atomic E-state index is 0.0833. The molecule has 2 bridgehead atoms. The third kappa shape index (κ3) is 1.06. The second-order valence-corrected chi connectivity index (χ2v) is 6.27. The minimum absolute atomic E-state index is 0.0833. The number of likely N-dealkylation sites (N-methyl/N-ethyl adjacent to an activating group) is 2. The van der Waals surface area contributed by atoms with E-state index >= 15 is 0 Å². The summed E-state index contributed by atoms with van der Waals surface area (Å²) in [7, 11) is 13.7. The van der Waals surface area contributed by atoms with Crippen molar-refractivity contribution in [3.63, 3.8) is 0 Å². The molecule has 0 heterocycles. The summed E-state index contributed by atoms with van der Waals surface area (Å²) in [5.74, 6) is 0. The van der Waals surface area contributed by atoms with E-state index in [0.29, 0.717) is 0 Å². The van der Waals surface area contributed by atoms with Crippen molar-refractivity contribution in [2.45, 2.75) is 5.66 Å². The van der Waals surface area contributed by atoms with Crippen molar-refractivity contribution in [1.29, 1.82) is 0 Å². The van der Waals surface area contributed by atoms with Gasteiger partial charge < -0.3 is 0 Å². The van der Waals surface area contributed by atoms with Gasteiger partial charge >= 0.3 is 0 Å². The first-order valence-corrected chi connectivity index (χ1v) is 5.45. The molecule has 0 fully saturated rings. The molecule has 2 heteroatoms. The SMILES string of the molecule is C[N+](C)(C)C1([N+](C)(C)C)C2=CC=C1C=C2. The smallest absolute Gasteiger partial charge is 0.271 e. The maximum absolute atomic E-state index is 2.28. The first-order valence-electron chi connectivity index (χ1n) is 5.45. The van der Waals surface area contributed by atoms with Gasteiger partial charge in [-0.2, -0.15) is 0 Å². The first-order chi connectivity index (χ1) is 6.71. The average molecular weight is 206 g/mol. The maximum atomic E-state index is 2.28. The summed E-state index contributed by atoms with van der Waals surface area (Å²) in [6, 6.07) is 0. The molecule has 0 unspecified atom stereocenters. The molecule has 0 aromatic rings. The Balaban J connectivity index is 2.66. The molecule has 0 atom stereocenters. The van der Waals surface area contributed by atoms with Crippen LogP contribution in [0.5, 0.6) is 0 Å². The van der Waals surface area contributed by atoms with E-state index in [4.69, 9.17) is 0 Å². The zero-order valence-corrected chi connectivity index (χ0v) is 10.7. The fourth-order valence-corrected chi connectivity index (χ4v) is 3.55. The molecule has 0 radical (unpaired) electrons. The molecule has 0 aliphatic heterocycles. The Bertz CT molecular complexity index is 346. The molecule has 0 saturated heterocycles. The number of quaternary nitrogens is 2. The summed E-state index contributed by atoms with van der Waals surface area (Å²) in [6.45, 7) is 0. The molecule has 2 aliphatic carbocycles. The normalized spacial score (nSPS) is 23.1. The van der Waals surface area contributed by atoms with Crippen molar-refractivity contribution in [2.24, 2.45) is 0 Å². The van der Waals surface area contributed by atoms with Crippen molar-refractivity contribution in [1.82, 2.24) is 0 Å². The number of allylic oxidation sites excluding steroid dienone is 2. The highest BCUT2D eigenvalue weighted by molar-refractivity contribution is 5.58. The Kier molecular flexibility index (Phi) is 1.87. The Morgan fingerprint density at radius 1 is 0.733 bits per heavy atom. The molecular weight excluding hydrogens is 184 g/mol. The van der Waals surface area contributed by atoms with Gasteiger partial charge in [0.2, 0.25) is 0 Å². The highest BCUT2D eigenvalue weighted by Crippen LogP contribution is 2.49. The number of hydrogen-bond donors (Lipinski definition) is 0. The van der Waals surface area contributed by atoms with Gasteiger partial charge in [0, 0.05) is 0 Å². The lowest BCUT2D eigenvalue weighted by Gasteiger charge is -2.51. The van der Waals surface area contributed by atoms with Crippen molar-refractivity contribution in [3.05, 3.63) is 35.5 Å². The molecular formula is C13H22N2+2. The Hall–Kier alpha value is -0.860. The molecule has 2 rings (SSSR count). The van der Waals surface area contributed by atoms with Crippen molar-refractivity contribution in [3.8, 4) is 0 Å². The lowest BCUT2D eigenvalue weighted by molar-refractivity contribution is -1.11. The van der Waals surface area contributed by atoms with E-state index in [1.165, 1.54) is 11.1 Å². The Morgan fingerprint density at radius 3 is 1.20 bits per heavy atom. The van der Waals surface area contributed by atoms with Crippen molar-refractivity contribution >= 4 is 0 Å². The second kappa shape index (κ2) is 2.63. The quantitative estimate of drug-likeness (QED) is 0.475. The average Bonchev–Trinajstić information content (AvgIpc) is 2.54. The van der Waals surface area contributed by atoms with Gasteiger partial charge in [0.05, 0.1) is 53.4 Å². The number of nitrogens with zero attached hydrogens (tertiary/aromatic N) is 2. The molecule has 2 aliphatic rings. The van der Waals surface area contributed by atoms with Crippen LogP contribution in [-0.4, -0.2) is 56.9 Å². The van der Waals surface area contributed by atoms with Crippen LogP contribution in [0.15, 0.2) is 35.5 Å². The molecule has 0 amide bonds. The number of hydrogen-bond acceptors (Lipinski definition) is 0. The predicted molar refractivity (Wildman–Crippen MR) is 64.1 cm³/mol. The third-order valence-corrected chi connectivity index (χ3v) is 3.63. The molecule has 2 nitrogen and oxygen atoms in total. The Morgan fingerprint density at radius 2 is 1.07 bits per heavy atom. The van der Waals surface area contributed by atoms with Crippen molar-refractivity contribution in [2.75, 3.05) is 42.3 Å². The van der Waals surface area contributed by atoms with E-state index in [2.05, 4.69) is 66.6 Å². The number of fused-ring (bicyclic) bond motifs is 2. The van der Waals surface area contributed by atoms with Gasteiger partial charge in [0.15, 0.2) is 0 Å². The van der Waals surface area contributed by atoms with Crippen LogP contribution >= 0.6 is 0 Å². The molecule has 0 N–H and O–H groups in total. The molecule has 0 spiro atoms. The third-order valence-electron chi connectivity index (χ3n) is 3.63. The zero-order valence-electron chi connectivity index (χ0n) is 10.7. The molecule has 0 saturated carbocycles. The van der Waals surface area contributed by atoms with E-state index in [1.54, 1.807) is 0 Å². The van der Waals surface area contributed by atoms with E-state index < -0.39 is 0 Å². The standard InChI is InChI=1S/C13H22N2/c1-14(2,3)13(15(4,5)6)11-7-8-12(13)10-9-11/h7-10H,1-6H3/q+2. The predicted octanol–water partition coefficient (Wildman–Crippen LogP) is 1.53. The summed E-state index contributed by atoms with van der Waals surface area (Å²) >= 11 is 0. The summed E-state index contributed by atoms with van der Waals surface area (Å²) in [5.41, 5.74) is 2.97. The van der Waals surface area contributed by atoms with E-state index in [1.807, 2.05) is 0 Å². The lowest BCUT2D eigenvalue weighted by atomic mass is 9.95. The van der Waals surface area contributed by atoms with Crippen LogP contribution in [0.25, 0.3) is 0 Å². The van der Waals surface area contributed by atoms with Crippen LogP contribution in [0.3, 0.4) is 0 Å². The topological polar surface area (TPSA) is 0 Å². The van der Waals surface area contributed by atoms with E-state index in [0.717, 1.165) is 8.97 Å². The number of rotatable bonds is 2. The molecule has 15 heavy (non-hydrogen) atoms. The van der Waals surface area contributed by atoms with Crippen LogP contribution in [0.1, 0.15) is 0 Å². The van der Waals surface area contributed by atoms with Gasteiger partial charge in [-0.15, -0.1) is 0 Å². The summed E-state index contributed by atoms with van der Waals surface area (Å²) < 4.78 is 1.86. The Labute approximate surface area is 93.0 Å². The highest BCUT2D eigenvalue weighted by atomic mass is 15.6. The molecule has 82 valence electrons. The van der Waals surface area contributed by atoms with E-state index in [-0.39, 0.29) is 5.66 Å². The van der Waals surface area contributed by atoms with E-state index in [9.17, 15) is 0 Å². The van der Waals surface area contributed by atoms with Crippen LogP contribution in [0.4, 0.5) is 0 Å². The summed E-state index contributed by atoms with van der Waals surface area (Å²) in [6.07, 6.45) is 9.06. The monoisotopic (exact) mass is 206 g/mol. The molecule has 0 aromatic carbocycles. The van der Waals surface area contributed by atoms with Gasteiger partial charge in [-0.05, 0) is 24.3 Å². The van der Waals surface area contributed by atoms with Crippen molar-refractivity contribution < 1.29 is 8.97 Å². The summed E-state index contributed by atoms with van der Waals surface area (Å²) in [4.78, 5) is 0. The van der Waals surface area contributed by atoms with Crippen LogP contribution in [0, 0.1) is 0 Å². The van der Waals surface area contributed by atoms with Gasteiger partial charge in [0.25, 0.3) is 5.66 Å². The first kappa shape index (κ1) is 10.7. The van der Waals surface area contributed by atoms with Crippen LogP contribution in [-0.2, 0) is 0 Å². The lowest BCUT2D eigenvalue weighted by Crippen LogP contribution is -2.71. The van der Waals surface area contributed by atoms with Gasteiger partial charge in [-0.25, -0.2) is 0 Å². The van der Waals surface area contributed by atoms with Gasteiger partial charge in [-0.1, -0.05) is 0 Å². The minimum Gasteiger partial charge on any atom is -0.271 e. The zero-order chi connectivity index (χ0) is 11.5. The highest BCUT2D eigenvalue weighted by Gasteiger charge is 2.62. The van der Waals surface area contributed by atoms with Crippen LogP contribution in [0.2, 0.25) is 0 Å². The second-order valence-electron chi connectivity index (χ2n) is 6.27. The van der Waals surface area contributed by atoms with Gasteiger partial charge in [-0.3, -0.25) is 8.97 Å². The summed E-state index contributed by atoms with van der Waals surface area (Å²) in [5, 5.41) is 0. The molecule has 0 aromatic heterocycles. The van der Waals surface area contributed by atoms with Crippen LogP contribution < -0.4 is 0 Å². The fourth-order valence-electron chi connectivity index (χ4n) is 3.55. The maximum Gasteiger partial charge on any atom is 0.277 e. The largest absolute Gasteiger partial charge is 0.277 e.